The number of ether oxygens (including phenoxy) is 1. The second-order valence-corrected chi connectivity index (χ2v) is 7.94. The minimum Gasteiger partial charge on any atom is -0.365 e. The standard InChI is InChI=1S/C15H17BrClFN4O2S/c1-21-5-8(11-12(16)20-22(2)13(11)17)9(6-24-7-21)15(23)19-10-3-4-25-14(10)18/h3-4,8-9H,5-7H2,1-2H3,(H,19,23)/t8-,9-/m0/s1. The molecule has 3 heterocycles. The Bertz CT molecular complexity index is 784. The van der Waals surface area contributed by atoms with E-state index >= 15 is 0 Å². The van der Waals surface area contributed by atoms with Crippen molar-refractivity contribution in [3.8, 4) is 0 Å². The van der Waals surface area contributed by atoms with Crippen LogP contribution in [0.3, 0.4) is 0 Å². The van der Waals surface area contributed by atoms with Gasteiger partial charge in [0.05, 0.1) is 24.9 Å². The molecule has 0 aromatic carbocycles. The first kappa shape index (κ1) is 18.8. The van der Waals surface area contributed by atoms with Gasteiger partial charge in [0.2, 0.25) is 5.91 Å². The van der Waals surface area contributed by atoms with Crippen molar-refractivity contribution in [3.05, 3.63) is 31.9 Å². The van der Waals surface area contributed by atoms with Gasteiger partial charge in [-0.1, -0.05) is 11.6 Å². The first-order valence-electron chi connectivity index (χ1n) is 7.56. The first-order chi connectivity index (χ1) is 11.9. The fourth-order valence-corrected chi connectivity index (χ4v) is 4.59. The highest BCUT2D eigenvalue weighted by atomic mass is 79.9. The molecular weight excluding hydrogens is 435 g/mol. The Morgan fingerprint density at radius 2 is 2.32 bits per heavy atom. The zero-order valence-corrected chi connectivity index (χ0v) is 16.8. The van der Waals surface area contributed by atoms with Crippen molar-refractivity contribution in [2.75, 3.05) is 32.2 Å². The fourth-order valence-electron chi connectivity index (χ4n) is 2.92. The average Bonchev–Trinajstić information content (AvgIpc) is 2.97. The number of anilines is 1. The van der Waals surface area contributed by atoms with Crippen LogP contribution in [-0.2, 0) is 16.6 Å². The van der Waals surface area contributed by atoms with Gasteiger partial charge < -0.3 is 10.1 Å². The summed E-state index contributed by atoms with van der Waals surface area (Å²) in [5, 5.41) is 8.57. The maximum Gasteiger partial charge on any atom is 0.230 e. The summed E-state index contributed by atoms with van der Waals surface area (Å²) in [5.74, 6) is -1.07. The van der Waals surface area contributed by atoms with E-state index < -0.39 is 11.0 Å². The number of amides is 1. The number of carbonyl (C=O) groups is 1. The number of hydrogen-bond donors (Lipinski definition) is 1. The summed E-state index contributed by atoms with van der Waals surface area (Å²) in [5.41, 5.74) is 0.940. The van der Waals surface area contributed by atoms with Crippen molar-refractivity contribution < 1.29 is 13.9 Å². The lowest BCUT2D eigenvalue weighted by molar-refractivity contribution is -0.122. The van der Waals surface area contributed by atoms with Gasteiger partial charge in [-0.2, -0.15) is 9.49 Å². The van der Waals surface area contributed by atoms with Gasteiger partial charge in [0.15, 0.2) is 5.13 Å². The molecule has 0 spiro atoms. The van der Waals surface area contributed by atoms with Crippen LogP contribution in [0.5, 0.6) is 0 Å². The Labute approximate surface area is 162 Å². The molecule has 1 N–H and O–H groups in total. The minimum absolute atomic E-state index is 0.183. The zero-order valence-electron chi connectivity index (χ0n) is 13.6. The maximum atomic E-state index is 13.7. The SMILES string of the molecule is CN1COC[C@H](C(=O)Nc2ccsc2F)[C@@H](c2c(Br)nn(C)c2Cl)C1. The van der Waals surface area contributed by atoms with Crippen molar-refractivity contribution in [1.82, 2.24) is 14.7 Å². The van der Waals surface area contributed by atoms with Gasteiger partial charge in [0, 0.05) is 25.1 Å². The summed E-state index contributed by atoms with van der Waals surface area (Å²) < 4.78 is 21.5. The topological polar surface area (TPSA) is 59.4 Å². The van der Waals surface area contributed by atoms with Crippen molar-refractivity contribution in [2.45, 2.75) is 5.92 Å². The molecule has 25 heavy (non-hydrogen) atoms. The van der Waals surface area contributed by atoms with E-state index in [1.165, 1.54) is 0 Å². The van der Waals surface area contributed by atoms with E-state index in [4.69, 9.17) is 16.3 Å². The molecule has 10 heteroatoms. The van der Waals surface area contributed by atoms with Crippen molar-refractivity contribution in [3.63, 3.8) is 0 Å². The van der Waals surface area contributed by atoms with Crippen molar-refractivity contribution in [1.29, 1.82) is 0 Å². The summed E-state index contributed by atoms with van der Waals surface area (Å²) in [6.45, 7) is 1.18. The predicted molar refractivity (Wildman–Crippen MR) is 98.5 cm³/mol. The van der Waals surface area contributed by atoms with E-state index in [-0.39, 0.29) is 24.1 Å². The molecule has 0 saturated carbocycles. The predicted octanol–water partition coefficient (Wildman–Crippen LogP) is 3.29. The quantitative estimate of drug-likeness (QED) is 0.778. The molecule has 1 amide bonds. The minimum atomic E-state index is -0.526. The summed E-state index contributed by atoms with van der Waals surface area (Å²) >= 11 is 10.8. The van der Waals surface area contributed by atoms with Crippen LogP contribution in [0.2, 0.25) is 5.15 Å². The lowest BCUT2D eigenvalue weighted by atomic mass is 9.87. The third-order valence-electron chi connectivity index (χ3n) is 4.15. The number of thiophene rings is 1. The molecule has 1 aliphatic heterocycles. The van der Waals surface area contributed by atoms with Crippen molar-refractivity contribution >= 4 is 50.5 Å². The van der Waals surface area contributed by atoms with E-state index in [9.17, 15) is 9.18 Å². The highest BCUT2D eigenvalue weighted by molar-refractivity contribution is 9.10. The van der Waals surface area contributed by atoms with Gasteiger partial charge in [-0.3, -0.25) is 14.4 Å². The summed E-state index contributed by atoms with van der Waals surface area (Å²) in [4.78, 5) is 14.8. The van der Waals surface area contributed by atoms with Gasteiger partial charge >= 0.3 is 0 Å². The average molecular weight is 452 g/mol. The number of carbonyl (C=O) groups excluding carboxylic acids is 1. The Hall–Kier alpha value is -1.000. The number of likely N-dealkylation sites (N-methyl/N-ethyl adjacent to an activating group) is 1. The van der Waals surface area contributed by atoms with Crippen LogP contribution in [0, 0.1) is 11.0 Å². The Kier molecular flexibility index (Phi) is 5.79. The molecule has 2 atom stereocenters. The number of nitrogens with one attached hydrogen (secondary N) is 1. The summed E-state index contributed by atoms with van der Waals surface area (Å²) in [6.07, 6.45) is 0. The van der Waals surface area contributed by atoms with Crippen LogP contribution in [0.1, 0.15) is 11.5 Å². The third kappa shape index (κ3) is 3.90. The number of aryl methyl sites for hydroxylation is 1. The van der Waals surface area contributed by atoms with E-state index in [1.54, 1.807) is 23.2 Å². The molecule has 0 bridgehead atoms. The van der Waals surface area contributed by atoms with E-state index in [1.807, 2.05) is 11.9 Å². The van der Waals surface area contributed by atoms with E-state index in [0.717, 1.165) is 16.9 Å². The monoisotopic (exact) mass is 450 g/mol. The molecule has 1 aliphatic rings. The molecule has 2 aromatic rings. The summed E-state index contributed by atoms with van der Waals surface area (Å²) in [7, 11) is 3.65. The van der Waals surface area contributed by atoms with Crippen LogP contribution in [0.25, 0.3) is 0 Å². The number of nitrogens with zero attached hydrogens (tertiary/aromatic N) is 3. The molecule has 6 nitrogen and oxygen atoms in total. The lowest BCUT2D eigenvalue weighted by Crippen LogP contribution is -2.34. The lowest BCUT2D eigenvalue weighted by Gasteiger charge is -2.25. The fraction of sp³-hybridized carbons (Fsp3) is 0.467. The van der Waals surface area contributed by atoms with Gasteiger partial charge in [-0.05, 0) is 34.4 Å². The Morgan fingerprint density at radius 3 is 2.92 bits per heavy atom. The second kappa shape index (κ2) is 7.71. The molecule has 1 saturated heterocycles. The number of halogens is 3. The van der Waals surface area contributed by atoms with E-state index in [2.05, 4.69) is 26.3 Å². The van der Waals surface area contributed by atoms with Crippen LogP contribution in [-0.4, -0.2) is 47.5 Å². The van der Waals surface area contributed by atoms with Gasteiger partial charge in [0.25, 0.3) is 0 Å². The largest absolute Gasteiger partial charge is 0.365 e. The molecule has 3 rings (SSSR count). The first-order valence-corrected chi connectivity index (χ1v) is 9.61. The highest BCUT2D eigenvalue weighted by Crippen LogP contribution is 2.38. The van der Waals surface area contributed by atoms with Crippen LogP contribution >= 0.6 is 38.9 Å². The van der Waals surface area contributed by atoms with Crippen molar-refractivity contribution in [2.24, 2.45) is 13.0 Å². The molecule has 1 fully saturated rings. The third-order valence-corrected chi connectivity index (χ3v) is 5.89. The molecular formula is C15H17BrClFN4O2S. The smallest absolute Gasteiger partial charge is 0.230 e. The number of hydrogen-bond acceptors (Lipinski definition) is 5. The number of aromatic nitrogens is 2. The van der Waals surface area contributed by atoms with Crippen LogP contribution in [0.15, 0.2) is 16.0 Å². The zero-order chi connectivity index (χ0) is 18.1. The van der Waals surface area contributed by atoms with Crippen LogP contribution < -0.4 is 5.32 Å². The second-order valence-electron chi connectivity index (χ2n) is 5.97. The molecule has 0 unspecified atom stereocenters. The number of rotatable bonds is 3. The van der Waals surface area contributed by atoms with Crippen LogP contribution in [0.4, 0.5) is 10.1 Å². The maximum absolute atomic E-state index is 13.7. The van der Waals surface area contributed by atoms with Gasteiger partial charge in [0.1, 0.15) is 9.76 Å². The molecule has 136 valence electrons. The van der Waals surface area contributed by atoms with E-state index in [0.29, 0.717) is 23.0 Å². The Balaban J connectivity index is 1.93. The Morgan fingerprint density at radius 1 is 1.56 bits per heavy atom. The molecule has 2 aromatic heterocycles. The highest BCUT2D eigenvalue weighted by Gasteiger charge is 2.37. The molecule has 0 radical (unpaired) electrons. The summed E-state index contributed by atoms with van der Waals surface area (Å²) in [6, 6.07) is 1.55. The normalized spacial score (nSPS) is 22.0. The molecule has 0 aliphatic carbocycles. The van der Waals surface area contributed by atoms with Gasteiger partial charge in [-0.25, -0.2) is 0 Å². The van der Waals surface area contributed by atoms with Gasteiger partial charge in [-0.15, -0.1) is 11.3 Å².